The molecule has 25 heavy (non-hydrogen) atoms. The highest BCUT2D eigenvalue weighted by molar-refractivity contribution is 5.92. The molecule has 2 fully saturated rings. The van der Waals surface area contributed by atoms with Gasteiger partial charge in [0.05, 0.1) is 37.2 Å². The molecule has 0 radical (unpaired) electrons. The van der Waals surface area contributed by atoms with Crippen molar-refractivity contribution < 1.29 is 18.7 Å². The van der Waals surface area contributed by atoms with E-state index in [0.29, 0.717) is 37.8 Å². The largest absolute Gasteiger partial charge is 0.438 e. The maximum absolute atomic E-state index is 12.6. The van der Waals surface area contributed by atoms with E-state index < -0.39 is 0 Å². The van der Waals surface area contributed by atoms with Crippen LogP contribution in [0.1, 0.15) is 34.7 Å². The zero-order valence-electron chi connectivity index (χ0n) is 14.2. The summed E-state index contributed by atoms with van der Waals surface area (Å²) in [6, 6.07) is 3.89. The summed E-state index contributed by atoms with van der Waals surface area (Å²) in [5, 5.41) is 0. The van der Waals surface area contributed by atoms with Crippen LogP contribution in [0.4, 0.5) is 0 Å². The molecule has 0 bridgehead atoms. The van der Waals surface area contributed by atoms with E-state index in [-0.39, 0.29) is 17.6 Å². The topological polar surface area (TPSA) is 77.7 Å². The van der Waals surface area contributed by atoms with Crippen molar-refractivity contribution in [3.63, 3.8) is 0 Å². The molecule has 0 saturated carbocycles. The minimum absolute atomic E-state index is 0.0511. The number of nitrogens with zero attached hydrogens (tertiary/aromatic N) is 3. The molecule has 4 rings (SSSR count). The van der Waals surface area contributed by atoms with Gasteiger partial charge in [0, 0.05) is 25.4 Å². The van der Waals surface area contributed by atoms with E-state index in [4.69, 9.17) is 13.9 Å². The molecule has 0 unspecified atom stereocenters. The van der Waals surface area contributed by atoms with E-state index >= 15 is 0 Å². The van der Waals surface area contributed by atoms with Gasteiger partial charge in [-0.1, -0.05) is 0 Å². The lowest BCUT2D eigenvalue weighted by atomic mass is 9.98. The highest BCUT2D eigenvalue weighted by Crippen LogP contribution is 2.37. The molecule has 2 aliphatic rings. The average Bonchev–Trinajstić information content (AvgIpc) is 3.35. The number of hydrogen-bond acceptors (Lipinski definition) is 6. The predicted molar refractivity (Wildman–Crippen MR) is 87.9 cm³/mol. The van der Waals surface area contributed by atoms with Gasteiger partial charge in [-0.2, -0.15) is 0 Å². The lowest BCUT2D eigenvalue weighted by molar-refractivity contribution is 0.0000968. The van der Waals surface area contributed by atoms with Crippen LogP contribution in [0.5, 0.6) is 0 Å². The van der Waals surface area contributed by atoms with Gasteiger partial charge >= 0.3 is 0 Å². The van der Waals surface area contributed by atoms with Gasteiger partial charge in [-0.05, 0) is 31.0 Å². The van der Waals surface area contributed by atoms with Crippen molar-refractivity contribution >= 4 is 5.91 Å². The number of amides is 1. The van der Waals surface area contributed by atoms with Crippen LogP contribution in [0.3, 0.4) is 0 Å². The predicted octanol–water partition coefficient (Wildman–Crippen LogP) is 1.97. The number of likely N-dealkylation sites (tertiary alicyclic amines) is 1. The summed E-state index contributed by atoms with van der Waals surface area (Å²) in [6.07, 6.45) is 6.51. The van der Waals surface area contributed by atoms with Gasteiger partial charge in [-0.3, -0.25) is 9.78 Å². The molecule has 1 spiro atoms. The van der Waals surface area contributed by atoms with Crippen molar-refractivity contribution in [1.82, 2.24) is 14.9 Å². The van der Waals surface area contributed by atoms with Gasteiger partial charge in [0.25, 0.3) is 5.91 Å². The van der Waals surface area contributed by atoms with Crippen molar-refractivity contribution in [1.29, 1.82) is 0 Å². The number of pyridine rings is 1. The quantitative estimate of drug-likeness (QED) is 0.845. The van der Waals surface area contributed by atoms with E-state index in [2.05, 4.69) is 9.97 Å². The van der Waals surface area contributed by atoms with Crippen LogP contribution in [0.2, 0.25) is 0 Å². The SMILES string of the molecule is Cc1ncoc1C(=O)N1CC[C@]2(C[C@@H](OCc3ccncc3)CO2)C1. The maximum Gasteiger partial charge on any atom is 0.291 e. The summed E-state index contributed by atoms with van der Waals surface area (Å²) < 4.78 is 17.3. The van der Waals surface area contributed by atoms with Crippen LogP contribution >= 0.6 is 0 Å². The number of ether oxygens (including phenoxy) is 2. The van der Waals surface area contributed by atoms with Crippen molar-refractivity contribution in [2.75, 3.05) is 19.7 Å². The molecule has 7 heteroatoms. The second-order valence-electron chi connectivity index (χ2n) is 6.73. The molecule has 132 valence electrons. The average molecular weight is 343 g/mol. The highest BCUT2D eigenvalue weighted by atomic mass is 16.6. The highest BCUT2D eigenvalue weighted by Gasteiger charge is 2.47. The summed E-state index contributed by atoms with van der Waals surface area (Å²) in [4.78, 5) is 22.3. The summed E-state index contributed by atoms with van der Waals surface area (Å²) in [6.45, 7) is 4.12. The molecular weight excluding hydrogens is 322 g/mol. The fraction of sp³-hybridized carbons (Fsp3) is 0.500. The minimum atomic E-state index is -0.299. The fourth-order valence-corrected chi connectivity index (χ4v) is 3.56. The van der Waals surface area contributed by atoms with E-state index in [1.165, 1.54) is 6.39 Å². The molecular formula is C18H21N3O4. The third-order valence-electron chi connectivity index (χ3n) is 4.95. The van der Waals surface area contributed by atoms with Crippen LogP contribution in [0.25, 0.3) is 0 Å². The lowest BCUT2D eigenvalue weighted by Crippen LogP contribution is -2.36. The minimum Gasteiger partial charge on any atom is -0.438 e. The first-order chi connectivity index (χ1) is 12.2. The Kier molecular flexibility index (Phi) is 4.27. The van der Waals surface area contributed by atoms with Crippen LogP contribution in [0, 0.1) is 6.92 Å². The molecule has 2 aromatic heterocycles. The number of rotatable bonds is 4. The number of aryl methyl sites for hydroxylation is 1. The van der Waals surface area contributed by atoms with Crippen LogP contribution < -0.4 is 0 Å². The Hall–Kier alpha value is -2.25. The zero-order valence-corrected chi connectivity index (χ0v) is 14.2. The molecule has 1 amide bonds. The number of hydrogen-bond donors (Lipinski definition) is 0. The Morgan fingerprint density at radius 2 is 2.28 bits per heavy atom. The van der Waals surface area contributed by atoms with E-state index in [1.807, 2.05) is 12.1 Å². The summed E-state index contributed by atoms with van der Waals surface area (Å²) in [7, 11) is 0. The van der Waals surface area contributed by atoms with Gasteiger partial charge in [-0.25, -0.2) is 4.98 Å². The van der Waals surface area contributed by atoms with Crippen molar-refractivity contribution in [3.05, 3.63) is 47.9 Å². The number of oxazole rings is 1. The maximum atomic E-state index is 12.6. The molecule has 2 atom stereocenters. The summed E-state index contributed by atoms with van der Waals surface area (Å²) in [5.41, 5.74) is 1.42. The van der Waals surface area contributed by atoms with Crippen molar-refractivity contribution in [3.8, 4) is 0 Å². The Labute approximate surface area is 146 Å². The van der Waals surface area contributed by atoms with Gasteiger partial charge in [0.1, 0.15) is 0 Å². The Bertz CT molecular complexity index is 748. The van der Waals surface area contributed by atoms with Gasteiger partial charge in [-0.15, -0.1) is 0 Å². The van der Waals surface area contributed by atoms with Crippen molar-refractivity contribution in [2.24, 2.45) is 0 Å². The first-order valence-electron chi connectivity index (χ1n) is 8.49. The molecule has 0 aromatic carbocycles. The number of aromatic nitrogens is 2. The second-order valence-corrected chi connectivity index (χ2v) is 6.73. The molecule has 2 saturated heterocycles. The fourth-order valence-electron chi connectivity index (χ4n) is 3.56. The van der Waals surface area contributed by atoms with Crippen LogP contribution in [-0.4, -0.2) is 52.2 Å². The molecule has 0 N–H and O–H groups in total. The molecule has 2 aliphatic heterocycles. The van der Waals surface area contributed by atoms with Gasteiger partial charge in [0.2, 0.25) is 5.76 Å². The summed E-state index contributed by atoms with van der Waals surface area (Å²) in [5.74, 6) is 0.206. The monoisotopic (exact) mass is 343 g/mol. The van der Waals surface area contributed by atoms with E-state index in [9.17, 15) is 4.79 Å². The second kappa shape index (κ2) is 6.57. The third-order valence-corrected chi connectivity index (χ3v) is 4.95. The third kappa shape index (κ3) is 3.29. The van der Waals surface area contributed by atoms with E-state index in [1.54, 1.807) is 24.2 Å². The Morgan fingerprint density at radius 3 is 3.04 bits per heavy atom. The van der Waals surface area contributed by atoms with Crippen LogP contribution in [-0.2, 0) is 16.1 Å². The first kappa shape index (κ1) is 16.2. The van der Waals surface area contributed by atoms with Gasteiger partial charge < -0.3 is 18.8 Å². The Balaban J connectivity index is 1.33. The molecule has 2 aromatic rings. The molecule has 4 heterocycles. The standard InChI is InChI=1S/C18H21N3O4/c1-13-16(24-12-20-13)17(22)21-7-4-18(11-21)8-15(10-25-18)23-9-14-2-5-19-6-3-14/h2-3,5-6,12,15H,4,7-11H2,1H3/t15-,18+/m1/s1. The van der Waals surface area contributed by atoms with E-state index in [0.717, 1.165) is 18.4 Å². The first-order valence-corrected chi connectivity index (χ1v) is 8.49. The smallest absolute Gasteiger partial charge is 0.291 e. The lowest BCUT2D eigenvalue weighted by Gasteiger charge is -2.23. The van der Waals surface area contributed by atoms with Gasteiger partial charge in [0.15, 0.2) is 6.39 Å². The molecule has 0 aliphatic carbocycles. The number of carbonyl (C=O) groups is 1. The van der Waals surface area contributed by atoms with Crippen molar-refractivity contribution in [2.45, 2.75) is 38.1 Å². The number of carbonyl (C=O) groups excluding carboxylic acids is 1. The van der Waals surface area contributed by atoms with Crippen LogP contribution in [0.15, 0.2) is 35.3 Å². The zero-order chi connectivity index (χ0) is 17.3. The summed E-state index contributed by atoms with van der Waals surface area (Å²) >= 11 is 0. The Morgan fingerprint density at radius 1 is 1.44 bits per heavy atom. The normalized spacial score (nSPS) is 25.8. The molecule has 7 nitrogen and oxygen atoms in total.